The highest BCUT2D eigenvalue weighted by Gasteiger charge is 2.56. The van der Waals surface area contributed by atoms with Crippen molar-refractivity contribution in [1.29, 1.82) is 0 Å². The molecular formula is C20H28O3. The Hall–Kier alpha value is -1.12. The first kappa shape index (κ1) is 15.4. The Morgan fingerprint density at radius 3 is 2.74 bits per heavy atom. The first-order chi connectivity index (χ1) is 11.0. The molecule has 3 unspecified atom stereocenters. The van der Waals surface area contributed by atoms with Gasteiger partial charge in [-0.25, -0.2) is 0 Å². The van der Waals surface area contributed by atoms with Crippen LogP contribution in [0.2, 0.25) is 0 Å². The van der Waals surface area contributed by atoms with Crippen LogP contribution >= 0.6 is 0 Å². The van der Waals surface area contributed by atoms with Gasteiger partial charge in [-0.1, -0.05) is 18.1 Å². The van der Waals surface area contributed by atoms with E-state index in [4.69, 9.17) is 4.74 Å². The SMILES string of the molecule is CC(=O)O[C@H]1CCC2C3CCC4=C(CCC(=O)C4)C3CC[C@@]21C. The molecule has 3 nitrogen and oxygen atoms in total. The molecule has 0 aromatic rings. The number of Topliss-reactive ketones (excluding diaryl/α,β-unsaturated/α-hetero) is 1. The molecule has 3 heteroatoms. The van der Waals surface area contributed by atoms with Crippen LogP contribution in [0.1, 0.15) is 71.6 Å². The third kappa shape index (κ3) is 2.38. The lowest BCUT2D eigenvalue weighted by Crippen LogP contribution is -2.46. The normalized spacial score (nSPS) is 42.8. The molecule has 4 aliphatic rings. The summed E-state index contributed by atoms with van der Waals surface area (Å²) in [6.45, 7) is 3.90. The number of carbonyl (C=O) groups excluding carboxylic acids is 2. The third-order valence-electron chi connectivity index (χ3n) is 7.42. The maximum atomic E-state index is 11.8. The maximum absolute atomic E-state index is 11.8. The van der Waals surface area contributed by atoms with Gasteiger partial charge in [0.1, 0.15) is 11.9 Å². The van der Waals surface area contributed by atoms with Crippen LogP contribution in [-0.4, -0.2) is 17.9 Å². The molecule has 4 rings (SSSR count). The second-order valence-corrected chi connectivity index (χ2v) is 8.48. The van der Waals surface area contributed by atoms with E-state index in [9.17, 15) is 9.59 Å². The van der Waals surface area contributed by atoms with Crippen molar-refractivity contribution in [3.8, 4) is 0 Å². The topological polar surface area (TPSA) is 43.4 Å². The molecule has 0 heterocycles. The monoisotopic (exact) mass is 316 g/mol. The number of ketones is 1. The van der Waals surface area contributed by atoms with Crippen molar-refractivity contribution in [2.24, 2.45) is 23.2 Å². The highest BCUT2D eigenvalue weighted by atomic mass is 16.5. The fourth-order valence-electron chi connectivity index (χ4n) is 6.40. The van der Waals surface area contributed by atoms with Crippen LogP contribution in [0.4, 0.5) is 0 Å². The van der Waals surface area contributed by atoms with E-state index in [1.54, 1.807) is 12.5 Å². The highest BCUT2D eigenvalue weighted by Crippen LogP contribution is 2.61. The molecule has 0 N–H and O–H groups in total. The number of hydrogen-bond acceptors (Lipinski definition) is 3. The van der Waals surface area contributed by atoms with Gasteiger partial charge in [0.15, 0.2) is 0 Å². The van der Waals surface area contributed by atoms with Crippen LogP contribution < -0.4 is 0 Å². The zero-order valence-electron chi connectivity index (χ0n) is 14.4. The summed E-state index contributed by atoms with van der Waals surface area (Å²) < 4.78 is 5.69. The quantitative estimate of drug-likeness (QED) is 0.538. The van der Waals surface area contributed by atoms with Crippen LogP contribution in [0.3, 0.4) is 0 Å². The van der Waals surface area contributed by atoms with E-state index >= 15 is 0 Å². The Balaban J connectivity index is 1.59. The highest BCUT2D eigenvalue weighted by molar-refractivity contribution is 5.82. The minimum Gasteiger partial charge on any atom is -0.462 e. The van der Waals surface area contributed by atoms with E-state index in [0.29, 0.717) is 17.6 Å². The lowest BCUT2D eigenvalue weighted by Gasteiger charge is -2.51. The Morgan fingerprint density at radius 2 is 1.96 bits per heavy atom. The molecule has 126 valence electrons. The summed E-state index contributed by atoms with van der Waals surface area (Å²) in [5, 5.41) is 0. The minimum absolute atomic E-state index is 0.120. The Kier molecular flexibility index (Phi) is 3.66. The molecule has 0 radical (unpaired) electrons. The van der Waals surface area contributed by atoms with E-state index in [-0.39, 0.29) is 17.5 Å². The van der Waals surface area contributed by atoms with Crippen LogP contribution in [0, 0.1) is 23.2 Å². The van der Waals surface area contributed by atoms with Crippen molar-refractivity contribution in [1.82, 2.24) is 0 Å². The van der Waals surface area contributed by atoms with E-state index in [2.05, 4.69) is 6.92 Å². The molecule has 0 aromatic carbocycles. The number of allylic oxidation sites excluding steroid dienone is 2. The van der Waals surface area contributed by atoms with Crippen LogP contribution in [0.25, 0.3) is 0 Å². The molecule has 4 aliphatic carbocycles. The van der Waals surface area contributed by atoms with Crippen molar-refractivity contribution >= 4 is 11.8 Å². The molecule has 0 bridgehead atoms. The molecule has 23 heavy (non-hydrogen) atoms. The number of esters is 1. The molecule has 5 atom stereocenters. The van der Waals surface area contributed by atoms with Crippen LogP contribution in [0.15, 0.2) is 11.1 Å². The summed E-state index contributed by atoms with van der Waals surface area (Å²) >= 11 is 0. The molecule has 2 saturated carbocycles. The van der Waals surface area contributed by atoms with E-state index in [0.717, 1.165) is 38.0 Å². The third-order valence-corrected chi connectivity index (χ3v) is 7.42. The van der Waals surface area contributed by atoms with Gasteiger partial charge in [0.25, 0.3) is 0 Å². The van der Waals surface area contributed by atoms with Crippen molar-refractivity contribution in [2.45, 2.75) is 77.7 Å². The summed E-state index contributed by atoms with van der Waals surface area (Å²) in [4.78, 5) is 23.2. The second-order valence-electron chi connectivity index (χ2n) is 8.48. The van der Waals surface area contributed by atoms with Crippen molar-refractivity contribution in [3.05, 3.63) is 11.1 Å². The Bertz CT molecular complexity index is 575. The van der Waals surface area contributed by atoms with Crippen molar-refractivity contribution in [3.63, 3.8) is 0 Å². The molecule has 0 aliphatic heterocycles. The number of carbonyl (C=O) groups is 2. The van der Waals surface area contributed by atoms with Gasteiger partial charge in [-0.15, -0.1) is 0 Å². The maximum Gasteiger partial charge on any atom is 0.302 e. The largest absolute Gasteiger partial charge is 0.462 e. The van der Waals surface area contributed by atoms with E-state index in [1.165, 1.54) is 31.3 Å². The summed E-state index contributed by atoms with van der Waals surface area (Å²) in [6, 6.07) is 0. The number of fused-ring (bicyclic) bond motifs is 4. The first-order valence-corrected chi connectivity index (χ1v) is 9.39. The number of hydrogen-bond donors (Lipinski definition) is 0. The summed E-state index contributed by atoms with van der Waals surface area (Å²) in [6.07, 6.45) is 9.64. The van der Waals surface area contributed by atoms with Gasteiger partial charge in [0.05, 0.1) is 0 Å². The fourth-order valence-corrected chi connectivity index (χ4v) is 6.40. The predicted octanol–water partition coefficient (Wildman–Crippen LogP) is 4.20. The first-order valence-electron chi connectivity index (χ1n) is 9.39. The van der Waals surface area contributed by atoms with Gasteiger partial charge in [-0.2, -0.15) is 0 Å². The van der Waals surface area contributed by atoms with Crippen molar-refractivity contribution in [2.75, 3.05) is 0 Å². The van der Waals surface area contributed by atoms with Crippen molar-refractivity contribution < 1.29 is 14.3 Å². The van der Waals surface area contributed by atoms with Gasteiger partial charge >= 0.3 is 5.97 Å². The van der Waals surface area contributed by atoms with Crippen LogP contribution in [0.5, 0.6) is 0 Å². The molecule has 0 amide bonds. The summed E-state index contributed by atoms with van der Waals surface area (Å²) in [7, 11) is 0. The summed E-state index contributed by atoms with van der Waals surface area (Å²) in [5.74, 6) is 2.47. The average molecular weight is 316 g/mol. The smallest absolute Gasteiger partial charge is 0.302 e. The van der Waals surface area contributed by atoms with Gasteiger partial charge in [-0.05, 0) is 62.7 Å². The average Bonchev–Trinajstić information content (AvgIpc) is 2.83. The lowest BCUT2D eigenvalue weighted by molar-refractivity contribution is -0.155. The standard InChI is InChI=1S/C20H28O3/c1-12(21)23-19-8-7-18-17-5-3-13-11-14(22)4-6-15(13)16(17)9-10-20(18,19)2/h16-19H,3-11H2,1-2H3/t16?,17?,18?,19-,20-/m0/s1. The van der Waals surface area contributed by atoms with Crippen LogP contribution in [-0.2, 0) is 14.3 Å². The zero-order valence-corrected chi connectivity index (χ0v) is 14.4. The minimum atomic E-state index is -0.126. The molecule has 0 saturated heterocycles. The predicted molar refractivity (Wildman–Crippen MR) is 87.7 cm³/mol. The van der Waals surface area contributed by atoms with Gasteiger partial charge in [0.2, 0.25) is 0 Å². The molecular weight excluding hydrogens is 288 g/mol. The Morgan fingerprint density at radius 1 is 1.13 bits per heavy atom. The Labute approximate surface area is 138 Å². The van der Waals surface area contributed by atoms with Gasteiger partial charge in [0, 0.05) is 25.2 Å². The molecule has 0 aromatic heterocycles. The zero-order chi connectivity index (χ0) is 16.2. The summed E-state index contributed by atoms with van der Waals surface area (Å²) in [5.41, 5.74) is 3.31. The molecule has 0 spiro atoms. The fraction of sp³-hybridized carbons (Fsp3) is 0.800. The number of rotatable bonds is 1. The second kappa shape index (κ2) is 5.46. The van der Waals surface area contributed by atoms with E-state index < -0.39 is 0 Å². The van der Waals surface area contributed by atoms with Gasteiger partial charge < -0.3 is 4.74 Å². The number of ether oxygens (including phenoxy) is 1. The lowest BCUT2D eigenvalue weighted by atomic mass is 9.54. The van der Waals surface area contributed by atoms with E-state index in [1.807, 2.05) is 0 Å². The molecule has 2 fully saturated rings. The van der Waals surface area contributed by atoms with Gasteiger partial charge in [-0.3, -0.25) is 9.59 Å².